The molecule has 0 saturated heterocycles. The molecule has 3 heterocycles. The van der Waals surface area contributed by atoms with Crippen LogP contribution in [0.25, 0.3) is 33.4 Å². The number of aromatic nitrogens is 4. The van der Waals surface area contributed by atoms with Crippen molar-refractivity contribution in [2.24, 2.45) is 0 Å². The minimum absolute atomic E-state index is 0.212. The Morgan fingerprint density at radius 3 is 2.44 bits per heavy atom. The van der Waals surface area contributed by atoms with E-state index in [2.05, 4.69) is 16.0 Å². The fourth-order valence-electron chi connectivity index (χ4n) is 3.94. The zero-order valence-electron chi connectivity index (χ0n) is 20.0. The van der Waals surface area contributed by atoms with Gasteiger partial charge in [-0.15, -0.1) is 0 Å². The molecule has 5 aromatic rings. The molecule has 0 atom stereocenters. The minimum Gasteiger partial charge on any atom is -0.474 e. The standard InChI is InChI=1S/C29H24N6O/c1-29(2,24-13-10-19(16-30)17-33-24)18-36-28-27(31)34-25(20-7-4-3-5-8-20)26(35-28)22-11-12-23-21(15-22)9-6-14-32-23/h3-15,17H,18H2,1-2H3,(H2,31,34). The molecule has 0 spiro atoms. The maximum atomic E-state index is 9.05. The van der Waals surface area contributed by atoms with Gasteiger partial charge in [-0.05, 0) is 30.3 Å². The quantitative estimate of drug-likeness (QED) is 0.344. The van der Waals surface area contributed by atoms with Crippen molar-refractivity contribution >= 4 is 16.7 Å². The average Bonchev–Trinajstić information content (AvgIpc) is 2.92. The Morgan fingerprint density at radius 2 is 1.69 bits per heavy atom. The van der Waals surface area contributed by atoms with Crippen LogP contribution in [0.5, 0.6) is 5.88 Å². The highest BCUT2D eigenvalue weighted by molar-refractivity contribution is 5.87. The van der Waals surface area contributed by atoms with E-state index in [-0.39, 0.29) is 18.3 Å². The number of hydrogen-bond acceptors (Lipinski definition) is 7. The van der Waals surface area contributed by atoms with Crippen LogP contribution in [0.15, 0.2) is 85.2 Å². The Kier molecular flexibility index (Phi) is 6.01. The number of nitriles is 1. The van der Waals surface area contributed by atoms with Crippen molar-refractivity contribution < 1.29 is 4.74 Å². The van der Waals surface area contributed by atoms with Crippen LogP contribution >= 0.6 is 0 Å². The number of fused-ring (bicyclic) bond motifs is 1. The van der Waals surface area contributed by atoms with E-state index in [0.29, 0.717) is 17.0 Å². The lowest BCUT2D eigenvalue weighted by Gasteiger charge is -2.24. The first-order valence-corrected chi connectivity index (χ1v) is 11.5. The van der Waals surface area contributed by atoms with Crippen molar-refractivity contribution in [1.82, 2.24) is 19.9 Å². The first-order valence-electron chi connectivity index (χ1n) is 11.5. The first kappa shape index (κ1) is 22.9. The Hall–Kier alpha value is -4.83. The summed E-state index contributed by atoms with van der Waals surface area (Å²) < 4.78 is 6.14. The van der Waals surface area contributed by atoms with E-state index in [1.165, 1.54) is 0 Å². The molecule has 2 aromatic carbocycles. The molecule has 2 N–H and O–H groups in total. The number of hydrogen-bond donors (Lipinski definition) is 1. The molecular formula is C29H24N6O. The van der Waals surface area contributed by atoms with Gasteiger partial charge in [0.2, 0.25) is 0 Å². The molecule has 0 aliphatic rings. The van der Waals surface area contributed by atoms with Crippen LogP contribution in [0, 0.1) is 11.3 Å². The first-order chi connectivity index (χ1) is 17.4. The molecule has 7 heteroatoms. The number of anilines is 1. The van der Waals surface area contributed by atoms with Crippen LogP contribution in [0.1, 0.15) is 25.1 Å². The predicted octanol–water partition coefficient (Wildman–Crippen LogP) is 5.56. The Balaban J connectivity index is 1.54. The lowest BCUT2D eigenvalue weighted by atomic mass is 9.89. The van der Waals surface area contributed by atoms with Gasteiger partial charge in [-0.25, -0.2) is 9.97 Å². The topological polar surface area (TPSA) is 111 Å². The van der Waals surface area contributed by atoms with E-state index in [0.717, 1.165) is 27.7 Å². The van der Waals surface area contributed by atoms with Crippen LogP contribution in [-0.2, 0) is 5.41 Å². The van der Waals surface area contributed by atoms with Crippen molar-refractivity contribution in [2.75, 3.05) is 12.3 Å². The van der Waals surface area contributed by atoms with Gasteiger partial charge >= 0.3 is 0 Å². The number of nitrogens with two attached hydrogens (primary N) is 1. The lowest BCUT2D eigenvalue weighted by molar-refractivity contribution is 0.230. The summed E-state index contributed by atoms with van der Waals surface area (Å²) in [6.45, 7) is 4.30. The second kappa shape index (κ2) is 9.43. The van der Waals surface area contributed by atoms with Gasteiger partial charge in [-0.2, -0.15) is 5.26 Å². The summed E-state index contributed by atoms with van der Waals surface area (Å²) in [6, 6.07) is 25.4. The summed E-state index contributed by atoms with van der Waals surface area (Å²) >= 11 is 0. The number of rotatable bonds is 6. The third-order valence-electron chi connectivity index (χ3n) is 5.97. The van der Waals surface area contributed by atoms with Crippen molar-refractivity contribution in [1.29, 1.82) is 5.26 Å². The van der Waals surface area contributed by atoms with Crippen molar-refractivity contribution in [3.63, 3.8) is 0 Å². The SMILES string of the molecule is CC(C)(COc1nc(-c2ccc3ncccc3c2)c(-c2ccccc2)nc1N)c1ccc(C#N)cn1. The van der Waals surface area contributed by atoms with Gasteiger partial charge in [-0.3, -0.25) is 9.97 Å². The molecule has 0 aliphatic heterocycles. The van der Waals surface area contributed by atoms with Crippen molar-refractivity contribution in [2.45, 2.75) is 19.3 Å². The highest BCUT2D eigenvalue weighted by atomic mass is 16.5. The van der Waals surface area contributed by atoms with E-state index in [4.69, 9.17) is 25.7 Å². The molecule has 0 saturated carbocycles. The summed E-state index contributed by atoms with van der Waals surface area (Å²) in [5.41, 5.74) is 11.3. The smallest absolute Gasteiger partial charge is 0.257 e. The van der Waals surface area contributed by atoms with Crippen LogP contribution in [-0.4, -0.2) is 26.5 Å². The number of nitrogen functional groups attached to an aromatic ring is 1. The zero-order chi connectivity index (χ0) is 25.1. The second-order valence-corrected chi connectivity index (χ2v) is 9.10. The molecule has 7 nitrogen and oxygen atoms in total. The van der Waals surface area contributed by atoms with Crippen molar-refractivity contribution in [3.05, 3.63) is 96.4 Å². The number of ether oxygens (including phenoxy) is 1. The maximum Gasteiger partial charge on any atom is 0.257 e. The Morgan fingerprint density at radius 1 is 0.889 bits per heavy atom. The van der Waals surface area contributed by atoms with Crippen molar-refractivity contribution in [3.8, 4) is 34.5 Å². The van der Waals surface area contributed by atoms with Gasteiger partial charge < -0.3 is 10.5 Å². The van der Waals surface area contributed by atoms with E-state index >= 15 is 0 Å². The average molecular weight is 473 g/mol. The summed E-state index contributed by atoms with van der Waals surface area (Å²) in [5.74, 6) is 0.473. The molecule has 0 bridgehead atoms. The Bertz CT molecular complexity index is 1570. The largest absolute Gasteiger partial charge is 0.474 e. The molecule has 0 fully saturated rings. The van der Waals surface area contributed by atoms with Crippen LogP contribution in [0.2, 0.25) is 0 Å². The van der Waals surface area contributed by atoms with E-state index in [1.807, 2.05) is 80.6 Å². The number of nitrogens with zero attached hydrogens (tertiary/aromatic N) is 5. The van der Waals surface area contributed by atoms with Gasteiger partial charge in [-0.1, -0.05) is 56.3 Å². The monoisotopic (exact) mass is 472 g/mol. The summed E-state index contributed by atoms with van der Waals surface area (Å²) in [7, 11) is 0. The van der Waals surface area contributed by atoms with Gasteiger partial charge in [0.05, 0.1) is 16.8 Å². The highest BCUT2D eigenvalue weighted by Crippen LogP contribution is 2.35. The van der Waals surface area contributed by atoms with Gasteiger partial charge in [0.25, 0.3) is 5.88 Å². The summed E-state index contributed by atoms with van der Waals surface area (Å²) in [6.07, 6.45) is 3.34. The summed E-state index contributed by atoms with van der Waals surface area (Å²) in [5, 5.41) is 10.1. The van der Waals surface area contributed by atoms with Gasteiger partial charge in [0, 0.05) is 40.0 Å². The molecular weight excluding hydrogens is 448 g/mol. The van der Waals surface area contributed by atoms with E-state index < -0.39 is 5.41 Å². The molecule has 3 aromatic heterocycles. The predicted molar refractivity (Wildman–Crippen MR) is 140 cm³/mol. The van der Waals surface area contributed by atoms with E-state index in [9.17, 15) is 0 Å². The minimum atomic E-state index is -0.449. The number of pyridine rings is 2. The normalized spacial score (nSPS) is 11.2. The number of benzene rings is 2. The Labute approximate surface area is 209 Å². The third-order valence-corrected chi connectivity index (χ3v) is 5.97. The molecule has 176 valence electrons. The molecule has 0 radical (unpaired) electrons. The second-order valence-electron chi connectivity index (χ2n) is 9.10. The van der Waals surface area contributed by atoms with Crippen LogP contribution in [0.3, 0.4) is 0 Å². The highest BCUT2D eigenvalue weighted by Gasteiger charge is 2.25. The summed E-state index contributed by atoms with van der Waals surface area (Å²) in [4.78, 5) is 18.4. The van der Waals surface area contributed by atoms with Crippen LogP contribution < -0.4 is 10.5 Å². The lowest BCUT2D eigenvalue weighted by Crippen LogP contribution is -2.28. The zero-order valence-corrected chi connectivity index (χ0v) is 20.0. The molecule has 0 aliphatic carbocycles. The molecule has 5 rings (SSSR count). The third kappa shape index (κ3) is 4.57. The fourth-order valence-corrected chi connectivity index (χ4v) is 3.94. The molecule has 0 amide bonds. The van der Waals surface area contributed by atoms with Gasteiger partial charge in [0.15, 0.2) is 5.82 Å². The van der Waals surface area contributed by atoms with Gasteiger partial charge in [0.1, 0.15) is 18.4 Å². The fraction of sp³-hybridized carbons (Fsp3) is 0.138. The molecule has 36 heavy (non-hydrogen) atoms. The van der Waals surface area contributed by atoms with E-state index in [1.54, 1.807) is 18.5 Å². The molecule has 0 unspecified atom stereocenters. The maximum absolute atomic E-state index is 9.05. The van der Waals surface area contributed by atoms with Crippen LogP contribution in [0.4, 0.5) is 5.82 Å².